The second kappa shape index (κ2) is 12.4. The van der Waals surface area contributed by atoms with Gasteiger partial charge in [-0.3, -0.25) is 0 Å². The van der Waals surface area contributed by atoms with Crippen LogP contribution in [0.1, 0.15) is 49.9 Å². The molecule has 2 aliphatic carbocycles. The van der Waals surface area contributed by atoms with E-state index in [1.807, 2.05) is 0 Å². The number of fused-ring (bicyclic) bond motifs is 6. The molecule has 272 valence electrons. The summed E-state index contributed by atoms with van der Waals surface area (Å²) in [5.41, 5.74) is 18.8. The molecule has 0 fully saturated rings. The van der Waals surface area contributed by atoms with Crippen molar-refractivity contribution in [2.45, 2.75) is 38.5 Å². The van der Waals surface area contributed by atoms with Crippen LogP contribution in [-0.2, 0) is 10.8 Å². The molecule has 1 heteroatoms. The number of rotatable bonds is 5. The molecule has 0 unspecified atom stereocenters. The van der Waals surface area contributed by atoms with Gasteiger partial charge in [-0.2, -0.15) is 0 Å². The molecule has 0 aliphatic heterocycles. The van der Waals surface area contributed by atoms with Crippen LogP contribution in [0.2, 0.25) is 0 Å². The summed E-state index contributed by atoms with van der Waals surface area (Å²) < 4.78 is 0. The van der Waals surface area contributed by atoms with Crippen LogP contribution in [0.4, 0.5) is 17.1 Å². The molecule has 0 N–H and O–H groups in total. The summed E-state index contributed by atoms with van der Waals surface area (Å²) in [4.78, 5) is 2.52. The fourth-order valence-electron chi connectivity index (χ4n) is 10.1. The summed E-state index contributed by atoms with van der Waals surface area (Å²) in [7, 11) is 0. The number of anilines is 3. The van der Waals surface area contributed by atoms with Crippen molar-refractivity contribution in [3.8, 4) is 44.5 Å². The van der Waals surface area contributed by atoms with Crippen molar-refractivity contribution >= 4 is 38.6 Å². The lowest BCUT2D eigenvalue weighted by Gasteiger charge is -2.38. The standard InChI is InChI=1S/C56H43N/c1-55(2)48-22-11-10-20-45(48)46-32-30-42(35-51(46)55)57(41-28-24-38(25-29-41)44-21-12-17-37-16-8-9-19-43(37)44)52-33-27-39-18-13-23-49-53(39)54(52)47-31-26-40(34-50(47)56(49,3)4)36-14-6-5-7-15-36/h5-35H,1-4H3. The lowest BCUT2D eigenvalue weighted by atomic mass is 9.67. The Morgan fingerprint density at radius 2 is 0.947 bits per heavy atom. The molecule has 0 bridgehead atoms. The lowest BCUT2D eigenvalue weighted by molar-refractivity contribution is 0.645. The third-order valence-electron chi connectivity index (χ3n) is 13.1. The smallest absolute Gasteiger partial charge is 0.0546 e. The normalized spacial score (nSPS) is 14.2. The predicted molar refractivity (Wildman–Crippen MR) is 242 cm³/mol. The molecule has 2 aliphatic rings. The maximum absolute atomic E-state index is 2.52. The molecule has 0 spiro atoms. The predicted octanol–water partition coefficient (Wildman–Crippen LogP) is 15.4. The average molecular weight is 730 g/mol. The SMILES string of the molecule is CC1(C)c2ccccc2-c2ccc(N(c3ccc(-c4cccc5ccccc45)cc3)c3ccc4cccc5c4c3-c3ccc(-c4ccccc4)cc3C5(C)C)cc21. The van der Waals surface area contributed by atoms with Gasteiger partial charge in [0.05, 0.1) is 5.69 Å². The Kier molecular flexibility index (Phi) is 7.32. The Balaban J connectivity index is 1.16. The minimum absolute atomic E-state index is 0.124. The van der Waals surface area contributed by atoms with E-state index in [1.54, 1.807) is 0 Å². The molecular formula is C56H43N. The number of hydrogen-bond donors (Lipinski definition) is 0. The van der Waals surface area contributed by atoms with E-state index in [0.717, 1.165) is 11.4 Å². The zero-order valence-corrected chi connectivity index (χ0v) is 32.8. The van der Waals surface area contributed by atoms with Gasteiger partial charge in [0.25, 0.3) is 0 Å². The zero-order valence-electron chi connectivity index (χ0n) is 32.8. The third-order valence-corrected chi connectivity index (χ3v) is 13.1. The topological polar surface area (TPSA) is 3.24 Å². The molecule has 0 heterocycles. The van der Waals surface area contributed by atoms with Gasteiger partial charge in [0.1, 0.15) is 0 Å². The molecule has 9 aromatic rings. The minimum atomic E-state index is -0.195. The summed E-state index contributed by atoms with van der Waals surface area (Å²) in [5.74, 6) is 0. The molecule has 1 nitrogen and oxygen atoms in total. The second-order valence-corrected chi connectivity index (χ2v) is 16.9. The van der Waals surface area contributed by atoms with Crippen LogP contribution in [0, 0.1) is 0 Å². The summed E-state index contributed by atoms with van der Waals surface area (Å²) in [6, 6.07) is 70.1. The first-order valence-corrected chi connectivity index (χ1v) is 20.2. The van der Waals surface area contributed by atoms with Crippen molar-refractivity contribution in [2.24, 2.45) is 0 Å². The van der Waals surface area contributed by atoms with Gasteiger partial charge in [-0.15, -0.1) is 0 Å². The third kappa shape index (κ3) is 5.02. The highest BCUT2D eigenvalue weighted by atomic mass is 15.1. The van der Waals surface area contributed by atoms with Gasteiger partial charge in [-0.25, -0.2) is 0 Å². The van der Waals surface area contributed by atoms with Gasteiger partial charge in [-0.1, -0.05) is 179 Å². The van der Waals surface area contributed by atoms with Crippen LogP contribution >= 0.6 is 0 Å². The molecule has 57 heavy (non-hydrogen) atoms. The van der Waals surface area contributed by atoms with Gasteiger partial charge in [0.15, 0.2) is 0 Å². The molecule has 11 rings (SSSR count). The van der Waals surface area contributed by atoms with E-state index in [2.05, 4.69) is 221 Å². The van der Waals surface area contributed by atoms with Gasteiger partial charge >= 0.3 is 0 Å². The fraction of sp³-hybridized carbons (Fsp3) is 0.107. The van der Waals surface area contributed by atoms with Crippen LogP contribution < -0.4 is 4.90 Å². The Hall–Kier alpha value is -6.70. The van der Waals surface area contributed by atoms with Crippen molar-refractivity contribution in [1.29, 1.82) is 0 Å². The van der Waals surface area contributed by atoms with Crippen molar-refractivity contribution in [3.05, 3.63) is 210 Å². The molecule has 0 radical (unpaired) electrons. The first-order chi connectivity index (χ1) is 27.8. The van der Waals surface area contributed by atoms with Crippen molar-refractivity contribution in [2.75, 3.05) is 4.90 Å². The minimum Gasteiger partial charge on any atom is -0.310 e. The first kappa shape index (κ1) is 33.6. The summed E-state index contributed by atoms with van der Waals surface area (Å²) in [6.45, 7) is 9.54. The largest absolute Gasteiger partial charge is 0.310 e. The Labute approximate surface area is 335 Å². The highest BCUT2D eigenvalue weighted by molar-refractivity contribution is 6.10. The van der Waals surface area contributed by atoms with Crippen LogP contribution in [0.15, 0.2) is 188 Å². The van der Waals surface area contributed by atoms with E-state index in [1.165, 1.54) is 94.0 Å². The van der Waals surface area contributed by atoms with Gasteiger partial charge in [-0.05, 0) is 119 Å². The van der Waals surface area contributed by atoms with E-state index in [9.17, 15) is 0 Å². The monoisotopic (exact) mass is 729 g/mol. The maximum atomic E-state index is 2.52. The van der Waals surface area contributed by atoms with E-state index in [0.29, 0.717) is 0 Å². The molecule has 0 amide bonds. The Bertz CT molecular complexity index is 3050. The maximum Gasteiger partial charge on any atom is 0.0546 e. The molecule has 9 aromatic carbocycles. The van der Waals surface area contributed by atoms with Gasteiger partial charge in [0.2, 0.25) is 0 Å². The quantitative estimate of drug-likeness (QED) is 0.170. The highest BCUT2D eigenvalue weighted by Gasteiger charge is 2.38. The lowest BCUT2D eigenvalue weighted by Crippen LogP contribution is -2.25. The molecule has 0 atom stereocenters. The average Bonchev–Trinajstić information content (AvgIpc) is 3.48. The van der Waals surface area contributed by atoms with Crippen LogP contribution in [-0.4, -0.2) is 0 Å². The Morgan fingerprint density at radius 3 is 1.81 bits per heavy atom. The van der Waals surface area contributed by atoms with Crippen molar-refractivity contribution in [1.82, 2.24) is 0 Å². The summed E-state index contributed by atoms with van der Waals surface area (Å²) in [5, 5.41) is 5.14. The van der Waals surface area contributed by atoms with E-state index >= 15 is 0 Å². The molecule has 0 saturated heterocycles. The Morgan fingerprint density at radius 1 is 0.351 bits per heavy atom. The van der Waals surface area contributed by atoms with E-state index in [4.69, 9.17) is 0 Å². The zero-order chi connectivity index (χ0) is 38.5. The van der Waals surface area contributed by atoms with Crippen LogP contribution in [0.5, 0.6) is 0 Å². The first-order valence-electron chi connectivity index (χ1n) is 20.2. The molecular weight excluding hydrogens is 687 g/mol. The van der Waals surface area contributed by atoms with Gasteiger partial charge < -0.3 is 4.90 Å². The molecule has 0 aromatic heterocycles. The van der Waals surface area contributed by atoms with E-state index < -0.39 is 0 Å². The van der Waals surface area contributed by atoms with Crippen LogP contribution in [0.25, 0.3) is 66.1 Å². The fourth-order valence-corrected chi connectivity index (χ4v) is 10.1. The van der Waals surface area contributed by atoms with Crippen molar-refractivity contribution in [3.63, 3.8) is 0 Å². The van der Waals surface area contributed by atoms with E-state index in [-0.39, 0.29) is 10.8 Å². The van der Waals surface area contributed by atoms with Gasteiger partial charge in [0, 0.05) is 27.8 Å². The number of nitrogens with zero attached hydrogens (tertiary/aromatic N) is 1. The van der Waals surface area contributed by atoms with Crippen molar-refractivity contribution < 1.29 is 0 Å². The molecule has 0 saturated carbocycles. The summed E-state index contributed by atoms with van der Waals surface area (Å²) >= 11 is 0. The van der Waals surface area contributed by atoms with Crippen LogP contribution in [0.3, 0.4) is 0 Å². The number of benzene rings is 9. The highest BCUT2D eigenvalue weighted by Crippen LogP contribution is 2.56. The number of hydrogen-bond acceptors (Lipinski definition) is 1. The summed E-state index contributed by atoms with van der Waals surface area (Å²) in [6.07, 6.45) is 0. The second-order valence-electron chi connectivity index (χ2n) is 16.9.